The van der Waals surface area contributed by atoms with Crippen LogP contribution < -0.4 is 10.1 Å². The number of aryl methyl sites for hydroxylation is 1. The van der Waals surface area contributed by atoms with E-state index >= 15 is 0 Å². The molecular weight excluding hydrogens is 400 g/mol. The summed E-state index contributed by atoms with van der Waals surface area (Å²) in [6.45, 7) is 3.10. The number of nitrogens with zero attached hydrogens (tertiary/aromatic N) is 3. The van der Waals surface area contributed by atoms with Gasteiger partial charge in [0.05, 0.1) is 18.9 Å². The number of aromatic nitrogens is 2. The zero-order valence-electron chi connectivity index (χ0n) is 17.4. The number of methoxy groups -OCH3 is 1. The van der Waals surface area contributed by atoms with Gasteiger partial charge in [-0.05, 0) is 37.0 Å². The van der Waals surface area contributed by atoms with Crippen molar-refractivity contribution in [1.29, 1.82) is 0 Å². The molecule has 7 nitrogen and oxygen atoms in total. The second kappa shape index (κ2) is 8.20. The van der Waals surface area contributed by atoms with E-state index in [0.717, 1.165) is 40.6 Å². The topological polar surface area (TPSA) is 84.4 Å². The monoisotopic (exact) mass is 426 g/mol. The SMILES string of the molecule is COc1cc2nc(NC3CCN(S(C)(=O)=O)CC3)ncc2cc1-c1ccccc1C. The van der Waals surface area contributed by atoms with E-state index < -0.39 is 10.0 Å². The summed E-state index contributed by atoms with van der Waals surface area (Å²) in [7, 11) is -1.46. The van der Waals surface area contributed by atoms with Crippen LogP contribution in [0.25, 0.3) is 22.0 Å². The molecule has 0 saturated carbocycles. The Morgan fingerprint density at radius 3 is 2.53 bits per heavy atom. The Kier molecular flexibility index (Phi) is 5.62. The first-order valence-corrected chi connectivity index (χ1v) is 11.8. The van der Waals surface area contributed by atoms with Gasteiger partial charge in [0, 0.05) is 42.3 Å². The van der Waals surface area contributed by atoms with Crippen molar-refractivity contribution in [2.45, 2.75) is 25.8 Å². The first-order valence-electron chi connectivity index (χ1n) is 9.97. The Bertz CT molecular complexity index is 1170. The van der Waals surface area contributed by atoms with Crippen LogP contribution in [0.15, 0.2) is 42.6 Å². The van der Waals surface area contributed by atoms with Crippen molar-refractivity contribution in [1.82, 2.24) is 14.3 Å². The van der Waals surface area contributed by atoms with Crippen LogP contribution in [0.2, 0.25) is 0 Å². The molecule has 1 aromatic heterocycles. The van der Waals surface area contributed by atoms with Gasteiger partial charge in [-0.1, -0.05) is 24.3 Å². The van der Waals surface area contributed by atoms with Gasteiger partial charge in [0.2, 0.25) is 16.0 Å². The van der Waals surface area contributed by atoms with E-state index in [0.29, 0.717) is 19.0 Å². The summed E-state index contributed by atoms with van der Waals surface area (Å²) in [6, 6.07) is 12.4. The standard InChI is InChI=1S/C22H26N4O3S/c1-15-6-4-5-7-18(15)19-12-16-14-23-22(25-20(16)13-21(19)29-2)24-17-8-10-26(11-9-17)30(3,27)28/h4-7,12-14,17H,8-11H2,1-3H3,(H,23,24,25). The summed E-state index contributed by atoms with van der Waals surface area (Å²) in [6.07, 6.45) is 4.53. The highest BCUT2D eigenvalue weighted by molar-refractivity contribution is 7.88. The highest BCUT2D eigenvalue weighted by atomic mass is 32.2. The average molecular weight is 427 g/mol. The number of piperidine rings is 1. The molecule has 1 N–H and O–H groups in total. The van der Waals surface area contributed by atoms with Gasteiger partial charge in [0.25, 0.3) is 0 Å². The molecule has 1 saturated heterocycles. The quantitative estimate of drug-likeness (QED) is 0.673. The van der Waals surface area contributed by atoms with E-state index in [1.165, 1.54) is 16.1 Å². The molecule has 2 aromatic carbocycles. The van der Waals surface area contributed by atoms with E-state index in [1.807, 2.05) is 24.4 Å². The summed E-state index contributed by atoms with van der Waals surface area (Å²) < 4.78 is 30.5. The summed E-state index contributed by atoms with van der Waals surface area (Å²) in [5.74, 6) is 1.31. The smallest absolute Gasteiger partial charge is 0.223 e. The van der Waals surface area contributed by atoms with Gasteiger partial charge in [0.1, 0.15) is 5.75 Å². The van der Waals surface area contributed by atoms with Crippen LogP contribution in [-0.4, -0.2) is 55.2 Å². The lowest BCUT2D eigenvalue weighted by Crippen LogP contribution is -2.42. The van der Waals surface area contributed by atoms with E-state index in [1.54, 1.807) is 7.11 Å². The van der Waals surface area contributed by atoms with Crippen molar-refractivity contribution >= 4 is 26.9 Å². The summed E-state index contributed by atoms with van der Waals surface area (Å²) in [4.78, 5) is 9.16. The molecule has 0 spiro atoms. The first-order chi connectivity index (χ1) is 14.3. The molecule has 1 aliphatic heterocycles. The molecule has 30 heavy (non-hydrogen) atoms. The maximum absolute atomic E-state index is 11.7. The van der Waals surface area contributed by atoms with Crippen molar-refractivity contribution in [2.24, 2.45) is 0 Å². The van der Waals surface area contributed by atoms with Crippen LogP contribution in [0.5, 0.6) is 5.75 Å². The van der Waals surface area contributed by atoms with Gasteiger partial charge in [-0.3, -0.25) is 0 Å². The third kappa shape index (κ3) is 4.24. The highest BCUT2D eigenvalue weighted by Crippen LogP contribution is 2.35. The number of hydrogen-bond donors (Lipinski definition) is 1. The lowest BCUT2D eigenvalue weighted by molar-refractivity contribution is 0.331. The summed E-state index contributed by atoms with van der Waals surface area (Å²) in [5.41, 5.74) is 4.11. The van der Waals surface area contributed by atoms with E-state index in [4.69, 9.17) is 4.74 Å². The number of anilines is 1. The second-order valence-corrected chi connectivity index (χ2v) is 9.68. The molecule has 0 amide bonds. The number of benzene rings is 2. The van der Waals surface area contributed by atoms with Crippen molar-refractivity contribution in [2.75, 3.05) is 31.8 Å². The molecular formula is C22H26N4O3S. The lowest BCUT2D eigenvalue weighted by atomic mass is 9.98. The van der Waals surface area contributed by atoms with Gasteiger partial charge < -0.3 is 10.1 Å². The predicted octanol–water partition coefficient (Wildman–Crippen LogP) is 3.45. The van der Waals surface area contributed by atoms with Gasteiger partial charge in [-0.15, -0.1) is 0 Å². The van der Waals surface area contributed by atoms with Gasteiger partial charge in [-0.25, -0.2) is 22.7 Å². The molecule has 1 aliphatic rings. The predicted molar refractivity (Wildman–Crippen MR) is 119 cm³/mol. The fourth-order valence-electron chi connectivity index (χ4n) is 3.90. The van der Waals surface area contributed by atoms with E-state index in [9.17, 15) is 8.42 Å². The molecule has 0 bridgehead atoms. The van der Waals surface area contributed by atoms with Gasteiger partial charge >= 0.3 is 0 Å². The van der Waals surface area contributed by atoms with Gasteiger partial charge in [0.15, 0.2) is 0 Å². The summed E-state index contributed by atoms with van der Waals surface area (Å²) >= 11 is 0. The number of ether oxygens (including phenoxy) is 1. The number of sulfonamides is 1. The Balaban J connectivity index is 1.58. The lowest BCUT2D eigenvalue weighted by Gasteiger charge is -2.30. The molecule has 8 heteroatoms. The molecule has 1 fully saturated rings. The number of hydrogen-bond acceptors (Lipinski definition) is 6. The maximum Gasteiger partial charge on any atom is 0.223 e. The molecule has 0 radical (unpaired) electrons. The first kappa shape index (κ1) is 20.6. The highest BCUT2D eigenvalue weighted by Gasteiger charge is 2.25. The Labute approximate surface area is 177 Å². The Morgan fingerprint density at radius 2 is 1.87 bits per heavy atom. The number of nitrogens with one attached hydrogen (secondary N) is 1. The summed E-state index contributed by atoms with van der Waals surface area (Å²) in [5, 5.41) is 4.29. The minimum Gasteiger partial charge on any atom is -0.496 e. The molecule has 0 aliphatic carbocycles. The average Bonchev–Trinajstić information content (AvgIpc) is 2.73. The second-order valence-electron chi connectivity index (χ2n) is 7.70. The van der Waals surface area contributed by atoms with Gasteiger partial charge in [-0.2, -0.15) is 0 Å². The molecule has 4 rings (SSSR count). The minimum absolute atomic E-state index is 0.147. The van der Waals surface area contributed by atoms with E-state index in [-0.39, 0.29) is 6.04 Å². The van der Waals surface area contributed by atoms with Crippen molar-refractivity contribution < 1.29 is 13.2 Å². The Hall–Kier alpha value is -2.71. The zero-order chi connectivity index (χ0) is 21.3. The van der Waals surface area contributed by atoms with Crippen LogP contribution in [0.4, 0.5) is 5.95 Å². The van der Waals surface area contributed by atoms with Crippen LogP contribution in [-0.2, 0) is 10.0 Å². The van der Waals surface area contributed by atoms with Crippen LogP contribution >= 0.6 is 0 Å². The van der Waals surface area contributed by atoms with Crippen LogP contribution in [0.1, 0.15) is 18.4 Å². The Morgan fingerprint density at radius 1 is 1.13 bits per heavy atom. The fraction of sp³-hybridized carbons (Fsp3) is 0.364. The minimum atomic E-state index is -3.13. The van der Waals surface area contributed by atoms with Crippen molar-refractivity contribution in [3.63, 3.8) is 0 Å². The van der Waals surface area contributed by atoms with Crippen LogP contribution in [0, 0.1) is 6.92 Å². The molecule has 2 heterocycles. The number of rotatable bonds is 5. The number of fused-ring (bicyclic) bond motifs is 1. The maximum atomic E-state index is 11.7. The third-order valence-corrected chi connectivity index (χ3v) is 6.90. The zero-order valence-corrected chi connectivity index (χ0v) is 18.2. The van der Waals surface area contributed by atoms with Crippen molar-refractivity contribution in [3.8, 4) is 16.9 Å². The largest absolute Gasteiger partial charge is 0.496 e. The van der Waals surface area contributed by atoms with E-state index in [2.05, 4.69) is 40.4 Å². The molecule has 0 atom stereocenters. The molecule has 0 unspecified atom stereocenters. The third-order valence-electron chi connectivity index (χ3n) is 5.59. The molecule has 158 valence electrons. The molecule has 3 aromatic rings. The fourth-order valence-corrected chi connectivity index (χ4v) is 4.77. The normalized spacial score (nSPS) is 16.0. The van der Waals surface area contributed by atoms with Crippen LogP contribution in [0.3, 0.4) is 0 Å². The van der Waals surface area contributed by atoms with Crippen molar-refractivity contribution in [3.05, 3.63) is 48.2 Å².